The smallest absolute Gasteiger partial charge is 0.417 e. The third-order valence-corrected chi connectivity index (χ3v) is 4.28. The highest BCUT2D eigenvalue weighted by Gasteiger charge is 2.34. The van der Waals surface area contributed by atoms with Gasteiger partial charge in [-0.15, -0.1) is 0 Å². The number of alkyl halides is 3. The number of aliphatic hydroxyl groups is 2. The van der Waals surface area contributed by atoms with Crippen LogP contribution in [0.4, 0.5) is 13.2 Å². The van der Waals surface area contributed by atoms with Crippen molar-refractivity contribution < 1.29 is 32.9 Å². The second-order valence-electron chi connectivity index (χ2n) is 6.51. The lowest BCUT2D eigenvalue weighted by atomic mass is 10.1. The van der Waals surface area contributed by atoms with Crippen molar-refractivity contribution in [2.75, 3.05) is 6.61 Å². The van der Waals surface area contributed by atoms with E-state index in [-0.39, 0.29) is 28.7 Å². The number of halogens is 3. The summed E-state index contributed by atoms with van der Waals surface area (Å²) in [6.07, 6.45) is -6.06. The number of primary amides is 1. The maximum Gasteiger partial charge on any atom is 0.417 e. The largest absolute Gasteiger partial charge is 0.457 e. The quantitative estimate of drug-likeness (QED) is 0.530. The zero-order chi connectivity index (χ0) is 23.5. The third kappa shape index (κ3) is 5.00. The molecule has 3 rings (SSSR count). The maximum absolute atomic E-state index is 13.1. The molecular weight excluding hydrogens is 429 g/mol. The van der Waals surface area contributed by atoms with Crippen molar-refractivity contribution in [3.63, 3.8) is 0 Å². The van der Waals surface area contributed by atoms with Crippen molar-refractivity contribution in [1.29, 1.82) is 5.26 Å². The van der Waals surface area contributed by atoms with Crippen molar-refractivity contribution in [3.8, 4) is 29.0 Å². The van der Waals surface area contributed by atoms with Gasteiger partial charge in [0, 0.05) is 5.56 Å². The molecule has 0 unspecified atom stereocenters. The summed E-state index contributed by atoms with van der Waals surface area (Å²) >= 11 is 0. The third-order valence-electron chi connectivity index (χ3n) is 4.28. The Kier molecular flexibility index (Phi) is 6.38. The van der Waals surface area contributed by atoms with Gasteiger partial charge in [0.1, 0.15) is 23.3 Å². The van der Waals surface area contributed by atoms with Crippen LogP contribution >= 0.6 is 0 Å². The standard InChI is InChI=1S/C21H15F3N4O4/c22-21(23,24)15-7-14(6-3-12(15)9-25)32-13-4-1-11(2-5-13)20-27-16(18(30)10-29)8-17(28-20)19(26)31/h1-8,18,29-30H,10H2,(H2,26,31)/t18-/m1/s1. The topological polar surface area (TPSA) is 142 Å². The molecule has 1 atom stereocenters. The van der Waals surface area contributed by atoms with Gasteiger partial charge < -0.3 is 20.7 Å². The van der Waals surface area contributed by atoms with Crippen molar-refractivity contribution in [3.05, 3.63) is 71.0 Å². The lowest BCUT2D eigenvalue weighted by Gasteiger charge is -2.12. The molecule has 2 aromatic carbocycles. The summed E-state index contributed by atoms with van der Waals surface area (Å²) < 4.78 is 44.8. The molecule has 11 heteroatoms. The van der Waals surface area contributed by atoms with E-state index in [0.29, 0.717) is 5.56 Å². The van der Waals surface area contributed by atoms with Gasteiger partial charge in [0.15, 0.2) is 5.82 Å². The number of ether oxygens (including phenoxy) is 1. The van der Waals surface area contributed by atoms with Crippen LogP contribution in [0.15, 0.2) is 48.5 Å². The number of hydrogen-bond donors (Lipinski definition) is 3. The number of carbonyl (C=O) groups excluding carboxylic acids is 1. The van der Waals surface area contributed by atoms with E-state index in [9.17, 15) is 23.1 Å². The molecular formula is C21H15F3N4O4. The first kappa shape index (κ1) is 22.7. The van der Waals surface area contributed by atoms with Crippen molar-refractivity contribution in [1.82, 2.24) is 9.97 Å². The molecule has 1 amide bonds. The number of benzene rings is 2. The van der Waals surface area contributed by atoms with E-state index in [1.54, 1.807) is 0 Å². The molecule has 32 heavy (non-hydrogen) atoms. The molecule has 0 spiro atoms. The molecule has 0 saturated carbocycles. The van der Waals surface area contributed by atoms with Gasteiger partial charge in [-0.3, -0.25) is 4.79 Å². The van der Waals surface area contributed by atoms with Gasteiger partial charge in [0.2, 0.25) is 0 Å². The van der Waals surface area contributed by atoms with Crippen LogP contribution in [0.1, 0.15) is 33.4 Å². The highest BCUT2D eigenvalue weighted by molar-refractivity contribution is 5.91. The van der Waals surface area contributed by atoms with E-state index in [1.807, 2.05) is 0 Å². The minimum Gasteiger partial charge on any atom is -0.457 e. The summed E-state index contributed by atoms with van der Waals surface area (Å²) in [5, 5.41) is 27.8. The van der Waals surface area contributed by atoms with Crippen LogP contribution in [0.5, 0.6) is 11.5 Å². The average Bonchev–Trinajstić information content (AvgIpc) is 2.78. The van der Waals surface area contributed by atoms with Gasteiger partial charge in [0.05, 0.1) is 29.5 Å². The van der Waals surface area contributed by atoms with Gasteiger partial charge >= 0.3 is 6.18 Å². The molecule has 0 fully saturated rings. The fourth-order valence-electron chi connectivity index (χ4n) is 2.71. The first-order chi connectivity index (χ1) is 15.1. The highest BCUT2D eigenvalue weighted by atomic mass is 19.4. The molecule has 0 aliphatic heterocycles. The number of aromatic nitrogens is 2. The van der Waals surface area contributed by atoms with Crippen molar-refractivity contribution >= 4 is 5.91 Å². The van der Waals surface area contributed by atoms with E-state index < -0.39 is 35.9 Å². The summed E-state index contributed by atoms with van der Waals surface area (Å²) in [6.45, 7) is -0.633. The lowest BCUT2D eigenvalue weighted by molar-refractivity contribution is -0.137. The Morgan fingerprint density at radius 3 is 2.34 bits per heavy atom. The molecule has 4 N–H and O–H groups in total. The minimum absolute atomic E-state index is 0.0103. The van der Waals surface area contributed by atoms with E-state index in [1.165, 1.54) is 36.4 Å². The summed E-state index contributed by atoms with van der Waals surface area (Å²) in [4.78, 5) is 19.6. The monoisotopic (exact) mass is 444 g/mol. The zero-order valence-corrected chi connectivity index (χ0v) is 16.2. The Labute approximate surface area is 179 Å². The molecule has 0 aliphatic rings. The molecule has 1 aromatic heterocycles. The predicted octanol–water partition coefficient (Wildman–Crippen LogP) is 2.95. The molecule has 8 nitrogen and oxygen atoms in total. The van der Waals surface area contributed by atoms with Crippen LogP contribution < -0.4 is 10.5 Å². The van der Waals surface area contributed by atoms with Gasteiger partial charge in [-0.05, 0) is 48.5 Å². The maximum atomic E-state index is 13.1. The minimum atomic E-state index is -4.71. The normalized spacial score (nSPS) is 12.1. The molecule has 1 heterocycles. The molecule has 0 radical (unpaired) electrons. The van der Waals surface area contributed by atoms with E-state index in [4.69, 9.17) is 20.8 Å². The fraction of sp³-hybridized carbons (Fsp3) is 0.143. The van der Waals surface area contributed by atoms with Gasteiger partial charge in [-0.25, -0.2) is 9.97 Å². The first-order valence-electron chi connectivity index (χ1n) is 8.99. The Bertz CT molecular complexity index is 1190. The number of amides is 1. The first-order valence-corrected chi connectivity index (χ1v) is 8.99. The van der Waals surface area contributed by atoms with Crippen LogP contribution in [0.25, 0.3) is 11.4 Å². The Hall–Kier alpha value is -4.01. The van der Waals surface area contributed by atoms with Crippen LogP contribution in [0.3, 0.4) is 0 Å². The number of aliphatic hydroxyl groups excluding tert-OH is 2. The van der Waals surface area contributed by atoms with Crippen LogP contribution in [0, 0.1) is 11.3 Å². The fourth-order valence-corrected chi connectivity index (χ4v) is 2.71. The summed E-state index contributed by atoms with van der Waals surface area (Å²) in [5.74, 6) is -0.757. The summed E-state index contributed by atoms with van der Waals surface area (Å²) in [6, 6.07) is 11.5. The van der Waals surface area contributed by atoms with Crippen molar-refractivity contribution in [2.24, 2.45) is 5.73 Å². The summed E-state index contributed by atoms with van der Waals surface area (Å²) in [5.41, 5.74) is 3.83. The second-order valence-corrected chi connectivity index (χ2v) is 6.51. The Balaban J connectivity index is 1.90. The molecule has 0 bridgehead atoms. The number of rotatable bonds is 6. The molecule has 3 aromatic rings. The second kappa shape index (κ2) is 9.01. The number of nitrogens with two attached hydrogens (primary N) is 1. The molecule has 0 saturated heterocycles. The average molecular weight is 444 g/mol. The van der Waals surface area contributed by atoms with E-state index >= 15 is 0 Å². The van der Waals surface area contributed by atoms with E-state index in [0.717, 1.165) is 18.2 Å². The van der Waals surface area contributed by atoms with Crippen LogP contribution in [0.2, 0.25) is 0 Å². The lowest BCUT2D eigenvalue weighted by Crippen LogP contribution is -2.16. The zero-order valence-electron chi connectivity index (χ0n) is 16.2. The highest BCUT2D eigenvalue weighted by Crippen LogP contribution is 2.35. The molecule has 0 aliphatic carbocycles. The SMILES string of the molecule is N#Cc1ccc(Oc2ccc(-c3nc(C(N)=O)cc([C@H](O)CO)n3)cc2)cc1C(F)(F)F. The Morgan fingerprint density at radius 2 is 1.78 bits per heavy atom. The van der Waals surface area contributed by atoms with Gasteiger partial charge in [0.25, 0.3) is 5.91 Å². The number of nitriles is 1. The number of hydrogen-bond acceptors (Lipinski definition) is 7. The van der Waals surface area contributed by atoms with Crippen molar-refractivity contribution in [2.45, 2.75) is 12.3 Å². The molecule has 164 valence electrons. The van der Waals surface area contributed by atoms with Gasteiger partial charge in [-0.2, -0.15) is 18.4 Å². The predicted molar refractivity (Wildman–Crippen MR) is 104 cm³/mol. The van der Waals surface area contributed by atoms with Crippen LogP contribution in [-0.2, 0) is 6.18 Å². The van der Waals surface area contributed by atoms with Gasteiger partial charge in [-0.1, -0.05) is 0 Å². The Morgan fingerprint density at radius 1 is 1.12 bits per heavy atom. The number of nitrogens with zero attached hydrogens (tertiary/aromatic N) is 3. The summed E-state index contributed by atoms with van der Waals surface area (Å²) in [7, 11) is 0. The van der Waals surface area contributed by atoms with E-state index in [2.05, 4.69) is 9.97 Å². The van der Waals surface area contributed by atoms with Crippen LogP contribution in [-0.4, -0.2) is 32.7 Å². The number of carbonyl (C=O) groups is 1.